The number of aromatic nitrogens is 6. The number of urea groups is 1. The number of imidazole rings is 1. The molecule has 0 unspecified atom stereocenters. The van der Waals surface area contributed by atoms with Gasteiger partial charge in [-0.3, -0.25) is 24.7 Å². The fraction of sp³-hybridized carbons (Fsp3) is 0.357. The molecule has 0 spiro atoms. The van der Waals surface area contributed by atoms with E-state index in [1.54, 1.807) is 12.3 Å². The normalized spacial score (nSPS) is 20.0. The summed E-state index contributed by atoms with van der Waals surface area (Å²) in [7, 11) is 1.48. The lowest BCUT2D eigenvalue weighted by molar-refractivity contribution is -0.124. The number of hydrogen-bond acceptors (Lipinski definition) is 9. The Balaban J connectivity index is 1.07. The minimum Gasteiger partial charge on any atom is -0.364 e. The molecular formula is C28H27ClN10O3. The number of amides is 4. The number of hydrogen-bond donors (Lipinski definition) is 2. The molecule has 0 radical (unpaired) electrons. The molecule has 4 amide bonds. The molecule has 4 aromatic rings. The lowest BCUT2D eigenvalue weighted by Gasteiger charge is -2.17. The van der Waals surface area contributed by atoms with Crippen molar-refractivity contribution >= 4 is 52.5 Å². The molecule has 3 aliphatic rings. The first-order chi connectivity index (χ1) is 20.2. The molecule has 0 bridgehead atoms. The largest absolute Gasteiger partial charge is 0.364 e. The fourth-order valence-corrected chi connectivity index (χ4v) is 5.41. The number of likely N-dealkylation sites (N-methyl/N-ethyl adjacent to an activating group) is 1. The molecule has 1 saturated heterocycles. The number of anilines is 3. The van der Waals surface area contributed by atoms with Crippen molar-refractivity contribution in [2.45, 2.75) is 44.6 Å². The van der Waals surface area contributed by atoms with Crippen molar-refractivity contribution in [3.05, 3.63) is 64.7 Å². The quantitative estimate of drug-likeness (QED) is 0.233. The van der Waals surface area contributed by atoms with Crippen molar-refractivity contribution in [2.75, 3.05) is 29.1 Å². The van der Waals surface area contributed by atoms with Crippen molar-refractivity contribution < 1.29 is 14.4 Å². The molecule has 3 fully saturated rings. The molecule has 214 valence electrons. The van der Waals surface area contributed by atoms with Crippen LogP contribution in [-0.2, 0) is 16.1 Å². The number of carbonyl (C=O) groups is 3. The first kappa shape index (κ1) is 26.3. The predicted molar refractivity (Wildman–Crippen MR) is 153 cm³/mol. The smallest absolute Gasteiger partial charge is 0.331 e. The molecule has 0 aromatic carbocycles. The van der Waals surface area contributed by atoms with Gasteiger partial charge in [-0.15, -0.1) is 0 Å². The highest BCUT2D eigenvalue weighted by Crippen LogP contribution is 2.46. The monoisotopic (exact) mass is 586 g/mol. The van der Waals surface area contributed by atoms with Gasteiger partial charge < -0.3 is 9.72 Å². The predicted octanol–water partition coefficient (Wildman–Crippen LogP) is 3.51. The number of carbonyl (C=O) groups excluding carboxylic acids is 3. The lowest BCUT2D eigenvalue weighted by Crippen LogP contribution is -2.30. The van der Waals surface area contributed by atoms with Gasteiger partial charge in [-0.2, -0.15) is 4.98 Å². The minimum atomic E-state index is -0.369. The van der Waals surface area contributed by atoms with Gasteiger partial charge in [-0.05, 0) is 49.8 Å². The van der Waals surface area contributed by atoms with Gasteiger partial charge in [0.25, 0.3) is 0 Å². The van der Waals surface area contributed by atoms with Gasteiger partial charge in [-0.1, -0.05) is 11.6 Å². The zero-order valence-electron chi connectivity index (χ0n) is 22.9. The molecule has 1 aliphatic heterocycles. The third kappa shape index (κ3) is 5.00. The Labute approximate surface area is 245 Å². The summed E-state index contributed by atoms with van der Waals surface area (Å²) in [6.45, 7) is 2.17. The zero-order chi connectivity index (χ0) is 29.1. The number of rotatable bonds is 8. The molecule has 7 rings (SSSR count). The summed E-state index contributed by atoms with van der Waals surface area (Å²) < 4.78 is 1.90. The second-order valence-electron chi connectivity index (χ2n) is 11.0. The van der Waals surface area contributed by atoms with Crippen molar-refractivity contribution in [3.63, 3.8) is 0 Å². The van der Waals surface area contributed by atoms with Crippen LogP contribution >= 0.6 is 11.6 Å². The Morgan fingerprint density at radius 3 is 2.69 bits per heavy atom. The average molecular weight is 587 g/mol. The Kier molecular flexibility index (Phi) is 6.26. The van der Waals surface area contributed by atoms with Crippen LogP contribution in [0, 0.1) is 12.8 Å². The Bertz CT molecular complexity index is 1770. The summed E-state index contributed by atoms with van der Waals surface area (Å²) in [5.41, 5.74) is 3.85. The van der Waals surface area contributed by atoms with Gasteiger partial charge in [0, 0.05) is 49.2 Å². The third-order valence-corrected chi connectivity index (χ3v) is 7.97. The number of aryl methyl sites for hydroxylation is 1. The highest BCUT2D eigenvalue weighted by Gasteiger charge is 2.46. The van der Waals surface area contributed by atoms with E-state index in [0.717, 1.165) is 29.0 Å². The van der Waals surface area contributed by atoms with Gasteiger partial charge in [0.2, 0.25) is 17.8 Å². The van der Waals surface area contributed by atoms with Gasteiger partial charge in [-0.25, -0.2) is 24.7 Å². The average Bonchev–Trinajstić information content (AvgIpc) is 3.88. The van der Waals surface area contributed by atoms with Gasteiger partial charge in [0.15, 0.2) is 5.65 Å². The summed E-state index contributed by atoms with van der Waals surface area (Å²) >= 11 is 6.25. The van der Waals surface area contributed by atoms with Crippen LogP contribution in [0.25, 0.3) is 5.65 Å². The molecule has 4 aromatic heterocycles. The second-order valence-corrected chi connectivity index (χ2v) is 11.4. The zero-order valence-corrected chi connectivity index (χ0v) is 23.7. The fourth-order valence-electron chi connectivity index (χ4n) is 5.23. The standard InChI is InChI=1S/C28H27ClN10O3/c1-14-5-6-30-24(32-14)18-8-19(18)26(41)36-27-34-21(29)9-22(35-27)31-10-17-12-38-11-16(15-3-4-15)7-20(25(38)33-17)39-13-23(40)37(2)28(39)42/h5-7,9,11-12,15,18-19H,3-4,8,10,13H2,1-2H3,(H2,31,34,35,36,41)/t18-,19-/m0/s1. The van der Waals surface area contributed by atoms with E-state index in [4.69, 9.17) is 16.6 Å². The number of nitrogens with one attached hydrogen (secondary N) is 2. The van der Waals surface area contributed by atoms with E-state index < -0.39 is 0 Å². The molecule has 5 heterocycles. The highest BCUT2D eigenvalue weighted by atomic mass is 35.5. The van der Waals surface area contributed by atoms with Crippen LogP contribution in [0.2, 0.25) is 5.15 Å². The third-order valence-electron chi connectivity index (χ3n) is 7.78. The van der Waals surface area contributed by atoms with E-state index in [-0.39, 0.29) is 47.3 Å². The molecule has 2 saturated carbocycles. The SMILES string of the molecule is Cc1ccnc([C@H]2C[C@@H]2C(=O)Nc2nc(Cl)cc(NCc3cn4cc(C5CC5)cc(N5CC(=O)N(C)C5=O)c4n3)n2)n1. The summed E-state index contributed by atoms with van der Waals surface area (Å²) in [6.07, 6.45) is 8.46. The van der Waals surface area contributed by atoms with Crippen LogP contribution in [0.15, 0.2) is 36.8 Å². The van der Waals surface area contributed by atoms with E-state index in [9.17, 15) is 14.4 Å². The summed E-state index contributed by atoms with van der Waals surface area (Å²) in [5, 5.41) is 6.13. The molecule has 2 N–H and O–H groups in total. The highest BCUT2D eigenvalue weighted by molar-refractivity contribution is 6.29. The molecule has 2 aliphatic carbocycles. The number of halogens is 1. The molecule has 42 heavy (non-hydrogen) atoms. The Morgan fingerprint density at radius 1 is 1.12 bits per heavy atom. The Morgan fingerprint density at radius 2 is 1.95 bits per heavy atom. The summed E-state index contributed by atoms with van der Waals surface area (Å²) in [5.74, 6) is 0.863. The van der Waals surface area contributed by atoms with Crippen molar-refractivity contribution in [1.82, 2.24) is 34.2 Å². The van der Waals surface area contributed by atoms with Crippen LogP contribution in [0.1, 0.15) is 53.9 Å². The van der Waals surface area contributed by atoms with Gasteiger partial charge in [0.1, 0.15) is 23.3 Å². The van der Waals surface area contributed by atoms with E-state index in [0.29, 0.717) is 47.6 Å². The van der Waals surface area contributed by atoms with E-state index >= 15 is 0 Å². The van der Waals surface area contributed by atoms with Crippen LogP contribution in [0.4, 0.5) is 22.2 Å². The van der Waals surface area contributed by atoms with Crippen LogP contribution in [0.5, 0.6) is 0 Å². The Hall–Kier alpha value is -4.65. The van der Waals surface area contributed by atoms with E-state index in [1.165, 1.54) is 11.9 Å². The first-order valence-corrected chi connectivity index (χ1v) is 14.1. The van der Waals surface area contributed by atoms with Crippen molar-refractivity contribution in [3.8, 4) is 0 Å². The first-order valence-electron chi connectivity index (χ1n) is 13.7. The number of nitrogens with zero attached hydrogens (tertiary/aromatic N) is 8. The number of imide groups is 1. The molecule has 14 heteroatoms. The van der Waals surface area contributed by atoms with E-state index in [2.05, 4.69) is 30.6 Å². The minimum absolute atomic E-state index is 0.0207. The van der Waals surface area contributed by atoms with E-state index in [1.807, 2.05) is 35.9 Å². The molecular weight excluding hydrogens is 560 g/mol. The maximum Gasteiger partial charge on any atom is 0.331 e. The van der Waals surface area contributed by atoms with Crippen molar-refractivity contribution in [1.29, 1.82) is 0 Å². The molecule has 2 atom stereocenters. The maximum absolute atomic E-state index is 12.9. The van der Waals surface area contributed by atoms with Crippen LogP contribution in [-0.4, -0.2) is 65.7 Å². The van der Waals surface area contributed by atoms with Gasteiger partial charge >= 0.3 is 6.03 Å². The lowest BCUT2D eigenvalue weighted by atomic mass is 10.1. The van der Waals surface area contributed by atoms with Crippen LogP contribution in [0.3, 0.4) is 0 Å². The summed E-state index contributed by atoms with van der Waals surface area (Å²) in [4.78, 5) is 62.5. The second kappa shape index (κ2) is 10.0. The van der Waals surface area contributed by atoms with Crippen LogP contribution < -0.4 is 15.5 Å². The maximum atomic E-state index is 12.9. The van der Waals surface area contributed by atoms with Gasteiger partial charge in [0.05, 0.1) is 17.9 Å². The molecule has 13 nitrogen and oxygen atoms in total. The number of fused-ring (bicyclic) bond motifs is 1. The topological polar surface area (TPSA) is 151 Å². The summed E-state index contributed by atoms with van der Waals surface area (Å²) in [6, 6.07) is 4.98. The number of pyridine rings is 1. The van der Waals surface area contributed by atoms with Crippen molar-refractivity contribution in [2.24, 2.45) is 5.92 Å².